The molecule has 2 rings (SSSR count). The highest BCUT2D eigenvalue weighted by molar-refractivity contribution is 5.79. The molecule has 17 heavy (non-hydrogen) atoms. The second kappa shape index (κ2) is 5.38. The van der Waals surface area contributed by atoms with Crippen LogP contribution in [0.1, 0.15) is 46.0 Å². The first-order chi connectivity index (χ1) is 8.14. The van der Waals surface area contributed by atoms with Crippen molar-refractivity contribution in [2.45, 2.75) is 46.0 Å². The fourth-order valence-electron chi connectivity index (χ4n) is 3.43. The summed E-state index contributed by atoms with van der Waals surface area (Å²) >= 11 is 0. The lowest BCUT2D eigenvalue weighted by Crippen LogP contribution is -2.47. The molecule has 0 aromatic rings. The van der Waals surface area contributed by atoms with Gasteiger partial charge in [-0.05, 0) is 37.6 Å². The predicted molar refractivity (Wildman–Crippen MR) is 69.8 cm³/mol. The largest absolute Gasteiger partial charge is 0.342 e. The fraction of sp³-hybridized carbons (Fsp3) is 0.929. The van der Waals surface area contributed by atoms with Crippen LogP contribution in [0.15, 0.2) is 0 Å². The van der Waals surface area contributed by atoms with Crippen molar-refractivity contribution in [3.63, 3.8) is 0 Å². The Kier molecular flexibility index (Phi) is 4.08. The molecular weight excluding hydrogens is 212 g/mol. The molecule has 3 heteroatoms. The van der Waals surface area contributed by atoms with Crippen molar-refractivity contribution in [3.05, 3.63) is 0 Å². The third kappa shape index (κ3) is 3.01. The number of rotatable bonds is 3. The van der Waals surface area contributed by atoms with Gasteiger partial charge < -0.3 is 10.2 Å². The van der Waals surface area contributed by atoms with Crippen molar-refractivity contribution in [1.82, 2.24) is 10.2 Å². The zero-order valence-electron chi connectivity index (χ0n) is 11.3. The van der Waals surface area contributed by atoms with Crippen LogP contribution in [-0.4, -0.2) is 37.0 Å². The van der Waals surface area contributed by atoms with Gasteiger partial charge in [0, 0.05) is 19.6 Å². The van der Waals surface area contributed by atoms with E-state index in [1.54, 1.807) is 0 Å². The molecule has 2 aliphatic rings. The van der Waals surface area contributed by atoms with Crippen LogP contribution in [0.3, 0.4) is 0 Å². The van der Waals surface area contributed by atoms with Gasteiger partial charge >= 0.3 is 0 Å². The van der Waals surface area contributed by atoms with Crippen molar-refractivity contribution >= 4 is 5.91 Å². The molecule has 0 radical (unpaired) electrons. The molecule has 1 N–H and O–H groups in total. The molecule has 98 valence electrons. The fourth-order valence-corrected chi connectivity index (χ4v) is 3.43. The van der Waals surface area contributed by atoms with E-state index in [-0.39, 0.29) is 5.92 Å². The zero-order chi connectivity index (χ0) is 12.3. The Hall–Kier alpha value is -0.570. The van der Waals surface area contributed by atoms with Gasteiger partial charge in [0.25, 0.3) is 0 Å². The molecule has 0 spiro atoms. The van der Waals surface area contributed by atoms with Crippen molar-refractivity contribution in [1.29, 1.82) is 0 Å². The Labute approximate surface area is 105 Å². The maximum Gasteiger partial charge on any atom is 0.227 e. The second-order valence-electron chi connectivity index (χ2n) is 6.11. The summed E-state index contributed by atoms with van der Waals surface area (Å²) in [5.74, 6) is 0.649. The van der Waals surface area contributed by atoms with Gasteiger partial charge in [-0.2, -0.15) is 0 Å². The molecule has 0 aliphatic carbocycles. The van der Waals surface area contributed by atoms with Crippen LogP contribution < -0.4 is 5.32 Å². The summed E-state index contributed by atoms with van der Waals surface area (Å²) in [4.78, 5) is 14.5. The van der Waals surface area contributed by atoms with E-state index < -0.39 is 0 Å². The topological polar surface area (TPSA) is 32.3 Å². The average Bonchev–Trinajstić information content (AvgIpc) is 2.81. The Morgan fingerprint density at radius 1 is 1.53 bits per heavy atom. The predicted octanol–water partition coefficient (Wildman–Crippen LogP) is 2.02. The van der Waals surface area contributed by atoms with E-state index in [0.717, 1.165) is 32.6 Å². The molecule has 0 bridgehead atoms. The number of hydrogen-bond acceptors (Lipinski definition) is 2. The third-order valence-electron chi connectivity index (χ3n) is 4.36. The Bertz CT molecular complexity index is 269. The minimum absolute atomic E-state index is 0.249. The lowest BCUT2D eigenvalue weighted by molar-refractivity contribution is -0.138. The van der Waals surface area contributed by atoms with Gasteiger partial charge in [0.05, 0.1) is 5.92 Å². The second-order valence-corrected chi connectivity index (χ2v) is 6.11. The molecule has 2 unspecified atom stereocenters. The average molecular weight is 238 g/mol. The minimum atomic E-state index is 0.249. The quantitative estimate of drug-likeness (QED) is 0.816. The molecule has 2 saturated heterocycles. The maximum atomic E-state index is 12.4. The number of carbonyl (C=O) groups excluding carboxylic acids is 1. The van der Waals surface area contributed by atoms with E-state index in [0.29, 0.717) is 11.3 Å². The summed E-state index contributed by atoms with van der Waals surface area (Å²) < 4.78 is 0. The normalized spacial score (nSPS) is 34.0. The first-order valence-corrected chi connectivity index (χ1v) is 7.14. The summed E-state index contributed by atoms with van der Waals surface area (Å²) in [5, 5.41) is 3.29. The van der Waals surface area contributed by atoms with Crippen molar-refractivity contribution in [3.8, 4) is 0 Å². The number of carbonyl (C=O) groups is 1. The van der Waals surface area contributed by atoms with E-state index >= 15 is 0 Å². The standard InChI is InChI=1S/C14H26N2O/c1-3-6-14(2)7-4-9-16(11-14)13(17)12-5-8-15-10-12/h12,15H,3-11H2,1-2H3. The van der Waals surface area contributed by atoms with Gasteiger partial charge in [-0.15, -0.1) is 0 Å². The molecular formula is C14H26N2O. The van der Waals surface area contributed by atoms with Crippen LogP contribution in [0.2, 0.25) is 0 Å². The van der Waals surface area contributed by atoms with Crippen LogP contribution in [0.5, 0.6) is 0 Å². The summed E-state index contributed by atoms with van der Waals surface area (Å²) in [5.41, 5.74) is 0.370. The van der Waals surface area contributed by atoms with Gasteiger partial charge in [0.1, 0.15) is 0 Å². The highest BCUT2D eigenvalue weighted by Crippen LogP contribution is 2.34. The molecule has 0 saturated carbocycles. The number of likely N-dealkylation sites (tertiary alicyclic amines) is 1. The Morgan fingerprint density at radius 2 is 2.35 bits per heavy atom. The summed E-state index contributed by atoms with van der Waals surface area (Å²) in [6.45, 7) is 8.46. The molecule has 2 aliphatic heterocycles. The number of amides is 1. The van der Waals surface area contributed by atoms with E-state index in [4.69, 9.17) is 0 Å². The SMILES string of the molecule is CCCC1(C)CCCN(C(=O)C2CCNC2)C1. The first kappa shape index (κ1) is 12.9. The zero-order valence-corrected chi connectivity index (χ0v) is 11.3. The van der Waals surface area contributed by atoms with Crippen molar-refractivity contribution < 1.29 is 4.79 Å². The van der Waals surface area contributed by atoms with Crippen molar-refractivity contribution in [2.24, 2.45) is 11.3 Å². The number of nitrogens with one attached hydrogen (secondary N) is 1. The van der Waals surface area contributed by atoms with E-state index in [1.807, 2.05) is 0 Å². The number of piperidine rings is 1. The highest BCUT2D eigenvalue weighted by atomic mass is 16.2. The Morgan fingerprint density at radius 3 is 3.00 bits per heavy atom. The number of hydrogen-bond donors (Lipinski definition) is 1. The molecule has 3 nitrogen and oxygen atoms in total. The van der Waals surface area contributed by atoms with Crippen LogP contribution in [0.25, 0.3) is 0 Å². The lowest BCUT2D eigenvalue weighted by Gasteiger charge is -2.41. The van der Waals surface area contributed by atoms with E-state index in [9.17, 15) is 4.79 Å². The van der Waals surface area contributed by atoms with Gasteiger partial charge in [-0.1, -0.05) is 20.3 Å². The van der Waals surface area contributed by atoms with Crippen LogP contribution in [0.4, 0.5) is 0 Å². The molecule has 1 amide bonds. The summed E-state index contributed by atoms with van der Waals surface area (Å²) in [6.07, 6.45) is 5.97. The molecule has 2 fully saturated rings. The van der Waals surface area contributed by atoms with E-state index in [2.05, 4.69) is 24.1 Å². The third-order valence-corrected chi connectivity index (χ3v) is 4.36. The van der Waals surface area contributed by atoms with Gasteiger partial charge in [0.15, 0.2) is 0 Å². The monoisotopic (exact) mass is 238 g/mol. The molecule has 0 aromatic carbocycles. The van der Waals surface area contributed by atoms with Crippen LogP contribution in [0, 0.1) is 11.3 Å². The minimum Gasteiger partial charge on any atom is -0.342 e. The van der Waals surface area contributed by atoms with Crippen LogP contribution >= 0.6 is 0 Å². The molecule has 0 aromatic heterocycles. The Balaban J connectivity index is 1.94. The van der Waals surface area contributed by atoms with E-state index in [1.165, 1.54) is 25.7 Å². The number of nitrogens with zero attached hydrogens (tertiary/aromatic N) is 1. The van der Waals surface area contributed by atoms with Gasteiger partial charge in [0.2, 0.25) is 5.91 Å². The molecule has 2 atom stereocenters. The van der Waals surface area contributed by atoms with Gasteiger partial charge in [-0.3, -0.25) is 4.79 Å². The first-order valence-electron chi connectivity index (χ1n) is 7.14. The van der Waals surface area contributed by atoms with Crippen LogP contribution in [-0.2, 0) is 4.79 Å². The highest BCUT2D eigenvalue weighted by Gasteiger charge is 2.35. The molecule has 2 heterocycles. The smallest absolute Gasteiger partial charge is 0.227 e. The maximum absolute atomic E-state index is 12.4. The van der Waals surface area contributed by atoms with Gasteiger partial charge in [-0.25, -0.2) is 0 Å². The summed E-state index contributed by atoms with van der Waals surface area (Å²) in [7, 11) is 0. The van der Waals surface area contributed by atoms with Crippen molar-refractivity contribution in [2.75, 3.05) is 26.2 Å². The lowest BCUT2D eigenvalue weighted by atomic mass is 9.78. The summed E-state index contributed by atoms with van der Waals surface area (Å²) in [6, 6.07) is 0.